The predicted octanol–water partition coefficient (Wildman–Crippen LogP) is 5.30. The first-order valence-electron chi connectivity index (χ1n) is 11.0. The average Bonchev–Trinajstić information content (AvgIpc) is 2.81. The van der Waals surface area contributed by atoms with E-state index in [-0.39, 0.29) is 24.6 Å². The van der Waals surface area contributed by atoms with E-state index in [9.17, 15) is 22.8 Å². The van der Waals surface area contributed by atoms with E-state index in [1.165, 1.54) is 12.1 Å². The van der Waals surface area contributed by atoms with E-state index in [1.807, 2.05) is 18.2 Å². The number of ether oxygens (including phenoxy) is 2. The van der Waals surface area contributed by atoms with E-state index in [2.05, 4.69) is 5.32 Å². The number of allylic oxidation sites excluding steroid dienone is 3. The molecule has 8 heteroatoms. The van der Waals surface area contributed by atoms with E-state index >= 15 is 0 Å². The third-order valence-corrected chi connectivity index (χ3v) is 5.90. The van der Waals surface area contributed by atoms with Gasteiger partial charge in [0, 0.05) is 29.3 Å². The number of nitrogens with one attached hydrogen (secondary N) is 1. The van der Waals surface area contributed by atoms with E-state index < -0.39 is 23.6 Å². The van der Waals surface area contributed by atoms with Crippen LogP contribution in [0.15, 0.2) is 77.1 Å². The number of hydrogen-bond donors (Lipinski definition) is 1. The zero-order valence-corrected chi connectivity index (χ0v) is 18.6. The molecule has 0 unspecified atom stereocenters. The molecule has 2 aromatic rings. The third-order valence-electron chi connectivity index (χ3n) is 5.90. The molecule has 4 rings (SSSR count). The largest absolute Gasteiger partial charge is 0.490 e. The molecular weight excluding hydrogens is 447 g/mol. The van der Waals surface area contributed by atoms with Crippen LogP contribution >= 0.6 is 0 Å². The second-order valence-corrected chi connectivity index (χ2v) is 8.18. The monoisotopic (exact) mass is 471 g/mol. The number of Topliss-reactive ketones (excluding diaryl/α,β-unsaturated/α-hetero) is 1. The second-order valence-electron chi connectivity index (χ2n) is 8.18. The van der Waals surface area contributed by atoms with Crippen molar-refractivity contribution in [3.8, 4) is 5.75 Å². The lowest BCUT2D eigenvalue weighted by molar-refractivity contribution is -0.140. The Morgan fingerprint density at radius 2 is 1.74 bits per heavy atom. The standard InChI is InChI=1S/C26H24F3NO4/c1-16-22(25(32)34-15-14-33-19-6-3-2-4-7-19)23(24-20(30-16)8-5-9-21(24)31)17-10-12-18(13-11-17)26(27,28)29/h2-4,6-7,10-13,23,30H,5,8-9,14-15H2,1H3/t23-/m0/s1. The van der Waals surface area contributed by atoms with Gasteiger partial charge in [-0.25, -0.2) is 4.79 Å². The number of hydrogen-bond acceptors (Lipinski definition) is 5. The van der Waals surface area contributed by atoms with Crippen LogP contribution in [0, 0.1) is 0 Å². The highest BCUT2D eigenvalue weighted by Crippen LogP contribution is 2.43. The predicted molar refractivity (Wildman–Crippen MR) is 119 cm³/mol. The smallest absolute Gasteiger partial charge is 0.416 e. The molecule has 0 bridgehead atoms. The van der Waals surface area contributed by atoms with Crippen molar-refractivity contribution in [2.24, 2.45) is 0 Å². The topological polar surface area (TPSA) is 64.6 Å². The van der Waals surface area contributed by atoms with Crippen LogP contribution in [0.4, 0.5) is 13.2 Å². The van der Waals surface area contributed by atoms with Gasteiger partial charge < -0.3 is 14.8 Å². The van der Waals surface area contributed by atoms with Gasteiger partial charge in [-0.05, 0) is 49.6 Å². The molecule has 0 amide bonds. The Labute approximate surface area is 195 Å². The number of carbonyl (C=O) groups is 2. The summed E-state index contributed by atoms with van der Waals surface area (Å²) >= 11 is 0. The van der Waals surface area contributed by atoms with Crippen LogP contribution in [0.5, 0.6) is 5.75 Å². The Hall–Kier alpha value is -3.55. The molecule has 178 valence electrons. The van der Waals surface area contributed by atoms with Crippen LogP contribution < -0.4 is 10.1 Å². The van der Waals surface area contributed by atoms with Crippen molar-refractivity contribution in [3.05, 3.63) is 88.3 Å². The molecule has 1 N–H and O–H groups in total. The number of carbonyl (C=O) groups excluding carboxylic acids is 2. The summed E-state index contributed by atoms with van der Waals surface area (Å²) < 4.78 is 50.3. The summed E-state index contributed by atoms with van der Waals surface area (Å²) in [7, 11) is 0. The van der Waals surface area contributed by atoms with Gasteiger partial charge in [-0.3, -0.25) is 4.79 Å². The van der Waals surface area contributed by atoms with Gasteiger partial charge in [-0.2, -0.15) is 13.2 Å². The number of ketones is 1. The number of benzene rings is 2. The van der Waals surface area contributed by atoms with Gasteiger partial charge >= 0.3 is 12.1 Å². The van der Waals surface area contributed by atoms with Crippen molar-refractivity contribution in [2.75, 3.05) is 13.2 Å². The van der Waals surface area contributed by atoms with Crippen molar-refractivity contribution in [3.63, 3.8) is 0 Å². The molecule has 2 aromatic carbocycles. The molecule has 1 atom stereocenters. The molecule has 0 fully saturated rings. The quantitative estimate of drug-likeness (QED) is 0.458. The summed E-state index contributed by atoms with van der Waals surface area (Å²) in [5, 5.41) is 3.16. The molecule has 5 nitrogen and oxygen atoms in total. The lowest BCUT2D eigenvalue weighted by atomic mass is 9.75. The Bertz CT molecular complexity index is 1130. The minimum atomic E-state index is -4.48. The minimum absolute atomic E-state index is 0.0237. The second kappa shape index (κ2) is 9.75. The van der Waals surface area contributed by atoms with E-state index in [0.717, 1.165) is 12.1 Å². The van der Waals surface area contributed by atoms with Gasteiger partial charge in [0.15, 0.2) is 5.78 Å². The molecule has 2 aliphatic rings. The first kappa shape index (κ1) is 23.6. The first-order valence-corrected chi connectivity index (χ1v) is 11.0. The SMILES string of the molecule is CC1=C(C(=O)OCCOc2ccccc2)[C@H](c2ccc(C(F)(F)F)cc2)C2=C(CCCC2=O)N1. The number of dihydropyridines is 1. The number of esters is 1. The summed E-state index contributed by atoms with van der Waals surface area (Å²) in [5.41, 5.74) is 1.51. The molecule has 0 saturated carbocycles. The van der Waals surface area contributed by atoms with Crippen molar-refractivity contribution in [1.82, 2.24) is 5.32 Å². The third kappa shape index (κ3) is 5.00. The highest BCUT2D eigenvalue weighted by Gasteiger charge is 2.39. The Kier molecular flexibility index (Phi) is 6.77. The van der Waals surface area contributed by atoms with Crippen molar-refractivity contribution in [2.45, 2.75) is 38.3 Å². The molecule has 34 heavy (non-hydrogen) atoms. The van der Waals surface area contributed by atoms with E-state index in [0.29, 0.717) is 47.5 Å². The molecule has 0 saturated heterocycles. The van der Waals surface area contributed by atoms with Crippen LogP contribution in [-0.4, -0.2) is 25.0 Å². The summed E-state index contributed by atoms with van der Waals surface area (Å²) in [5.74, 6) is -0.923. The number of halogens is 3. The Balaban J connectivity index is 1.59. The fourth-order valence-corrected chi connectivity index (χ4v) is 4.34. The number of alkyl halides is 3. The van der Waals surface area contributed by atoms with Crippen LogP contribution in [0.1, 0.15) is 43.2 Å². The molecule has 0 aromatic heterocycles. The maximum Gasteiger partial charge on any atom is 0.416 e. The molecule has 1 aliphatic carbocycles. The first-order chi connectivity index (χ1) is 16.3. The minimum Gasteiger partial charge on any atom is -0.490 e. The zero-order valence-electron chi connectivity index (χ0n) is 18.6. The summed E-state index contributed by atoms with van der Waals surface area (Å²) in [6, 6.07) is 13.7. The molecule has 1 aliphatic heterocycles. The normalized spacial score (nSPS) is 18.4. The van der Waals surface area contributed by atoms with Gasteiger partial charge in [-0.1, -0.05) is 30.3 Å². The number of rotatable bonds is 6. The average molecular weight is 471 g/mol. The van der Waals surface area contributed by atoms with Crippen LogP contribution in [0.25, 0.3) is 0 Å². The maximum atomic E-state index is 13.1. The fourth-order valence-electron chi connectivity index (χ4n) is 4.34. The molecule has 0 spiro atoms. The fraction of sp³-hybridized carbons (Fsp3) is 0.308. The van der Waals surface area contributed by atoms with Gasteiger partial charge in [-0.15, -0.1) is 0 Å². The summed E-state index contributed by atoms with van der Waals surface area (Å²) in [6.07, 6.45) is -2.86. The maximum absolute atomic E-state index is 13.1. The molecule has 0 radical (unpaired) electrons. The Morgan fingerprint density at radius 1 is 1.03 bits per heavy atom. The summed E-state index contributed by atoms with van der Waals surface area (Å²) in [4.78, 5) is 26.0. The molecule has 1 heterocycles. The highest BCUT2D eigenvalue weighted by atomic mass is 19.4. The van der Waals surface area contributed by atoms with Crippen molar-refractivity contribution < 1.29 is 32.2 Å². The van der Waals surface area contributed by atoms with Gasteiger partial charge in [0.2, 0.25) is 0 Å². The summed E-state index contributed by atoms with van der Waals surface area (Å²) in [6.45, 7) is 1.81. The lowest BCUT2D eigenvalue weighted by Crippen LogP contribution is -2.34. The zero-order chi connectivity index (χ0) is 24.3. The van der Waals surface area contributed by atoms with Crippen LogP contribution in [-0.2, 0) is 20.5 Å². The molecular formula is C26H24F3NO4. The number of para-hydroxylation sites is 1. The Morgan fingerprint density at radius 3 is 2.41 bits per heavy atom. The van der Waals surface area contributed by atoms with Crippen molar-refractivity contribution in [1.29, 1.82) is 0 Å². The van der Waals surface area contributed by atoms with Gasteiger partial charge in [0.25, 0.3) is 0 Å². The van der Waals surface area contributed by atoms with Gasteiger partial charge in [0.1, 0.15) is 19.0 Å². The highest BCUT2D eigenvalue weighted by molar-refractivity contribution is 6.03. The van der Waals surface area contributed by atoms with Crippen LogP contribution in [0.3, 0.4) is 0 Å². The lowest BCUT2D eigenvalue weighted by Gasteiger charge is -2.34. The van der Waals surface area contributed by atoms with E-state index in [1.54, 1.807) is 19.1 Å². The van der Waals surface area contributed by atoms with Crippen LogP contribution in [0.2, 0.25) is 0 Å². The van der Waals surface area contributed by atoms with E-state index in [4.69, 9.17) is 9.47 Å². The van der Waals surface area contributed by atoms with Gasteiger partial charge in [0.05, 0.1) is 11.1 Å². The van der Waals surface area contributed by atoms with Crippen molar-refractivity contribution >= 4 is 11.8 Å².